The number of amides is 1. The lowest BCUT2D eigenvalue weighted by atomic mass is 10.0. The summed E-state index contributed by atoms with van der Waals surface area (Å²) in [6, 6.07) is 15.5. The number of hydrogen-bond donors (Lipinski definition) is 1. The summed E-state index contributed by atoms with van der Waals surface area (Å²) in [5, 5.41) is 3.27. The van der Waals surface area contributed by atoms with Gasteiger partial charge in [-0.15, -0.1) is 0 Å². The molecule has 1 fully saturated rings. The van der Waals surface area contributed by atoms with Crippen LogP contribution in [0.2, 0.25) is 0 Å². The molecule has 2 aromatic rings. The zero-order chi connectivity index (χ0) is 19.2. The Bertz CT molecular complexity index is 781. The number of Topliss-reactive ketones (excluding diaryl/α,β-unsaturated/α-hetero) is 1. The normalized spacial score (nSPS) is 16.8. The summed E-state index contributed by atoms with van der Waals surface area (Å²) in [7, 11) is 0. The van der Waals surface area contributed by atoms with Crippen LogP contribution in [0.3, 0.4) is 0 Å². The lowest BCUT2D eigenvalue weighted by Crippen LogP contribution is -2.41. The van der Waals surface area contributed by atoms with Crippen molar-refractivity contribution in [3.8, 4) is 0 Å². The van der Waals surface area contributed by atoms with Crippen LogP contribution in [0.5, 0.6) is 0 Å². The Balaban J connectivity index is 1.51. The number of hydrogen-bond acceptors (Lipinski definition) is 3. The molecule has 0 bridgehead atoms. The highest BCUT2D eigenvalue weighted by Crippen LogP contribution is 2.20. The van der Waals surface area contributed by atoms with Crippen molar-refractivity contribution < 1.29 is 9.59 Å². The first-order valence-electron chi connectivity index (χ1n) is 9.79. The molecule has 4 nitrogen and oxygen atoms in total. The minimum absolute atomic E-state index is 0.114. The Morgan fingerprint density at radius 2 is 1.67 bits per heavy atom. The van der Waals surface area contributed by atoms with E-state index in [1.165, 1.54) is 6.42 Å². The molecular formula is C23H28N2O2. The van der Waals surface area contributed by atoms with Crippen LogP contribution >= 0.6 is 0 Å². The van der Waals surface area contributed by atoms with E-state index in [2.05, 4.69) is 12.2 Å². The molecule has 142 valence electrons. The molecule has 1 N–H and O–H groups in total. The Morgan fingerprint density at radius 3 is 2.33 bits per heavy atom. The summed E-state index contributed by atoms with van der Waals surface area (Å²) in [6.07, 6.45) is 3.81. The maximum Gasteiger partial charge on any atom is 0.254 e. The maximum absolute atomic E-state index is 12.7. The van der Waals surface area contributed by atoms with Gasteiger partial charge in [-0.1, -0.05) is 29.8 Å². The monoisotopic (exact) mass is 364 g/mol. The van der Waals surface area contributed by atoms with Crippen LogP contribution in [0.1, 0.15) is 58.9 Å². The predicted molar refractivity (Wildman–Crippen MR) is 109 cm³/mol. The van der Waals surface area contributed by atoms with E-state index in [-0.39, 0.29) is 11.7 Å². The van der Waals surface area contributed by atoms with Crippen LogP contribution in [-0.4, -0.2) is 35.7 Å². The van der Waals surface area contributed by atoms with Gasteiger partial charge in [0.15, 0.2) is 5.78 Å². The second kappa shape index (κ2) is 8.85. The van der Waals surface area contributed by atoms with Gasteiger partial charge in [-0.05, 0) is 57.4 Å². The summed E-state index contributed by atoms with van der Waals surface area (Å²) in [5.74, 6) is 0.247. The van der Waals surface area contributed by atoms with Gasteiger partial charge in [0.1, 0.15) is 0 Å². The van der Waals surface area contributed by atoms with Crippen LogP contribution in [-0.2, 0) is 0 Å². The lowest BCUT2D eigenvalue weighted by molar-refractivity contribution is 0.0635. The largest absolute Gasteiger partial charge is 0.385 e. The van der Waals surface area contributed by atoms with Gasteiger partial charge in [-0.3, -0.25) is 9.59 Å². The van der Waals surface area contributed by atoms with Gasteiger partial charge in [0, 0.05) is 42.4 Å². The number of carbonyl (C=O) groups is 2. The standard InChI is InChI=1S/C23H28N2O2/c1-17-6-8-19(9-7-17)22(26)14-15-24-21-12-10-20(11-13-21)23(27)25-16-4-3-5-18(25)2/h6-13,18,24H,3-5,14-16H2,1-2H3. The predicted octanol–water partition coefficient (Wildman–Crippen LogP) is 4.69. The van der Waals surface area contributed by atoms with Crippen LogP contribution in [0.25, 0.3) is 0 Å². The number of carbonyl (C=O) groups excluding carboxylic acids is 2. The maximum atomic E-state index is 12.7. The molecule has 27 heavy (non-hydrogen) atoms. The minimum Gasteiger partial charge on any atom is -0.385 e. The van der Waals surface area contributed by atoms with Gasteiger partial charge in [-0.25, -0.2) is 0 Å². The number of likely N-dealkylation sites (tertiary alicyclic amines) is 1. The van der Waals surface area contributed by atoms with Crippen LogP contribution in [0.15, 0.2) is 48.5 Å². The zero-order valence-electron chi connectivity index (χ0n) is 16.2. The summed E-state index contributed by atoms with van der Waals surface area (Å²) in [6.45, 7) is 5.55. The Kier molecular flexibility index (Phi) is 6.28. The Morgan fingerprint density at radius 1 is 1.00 bits per heavy atom. The molecule has 0 radical (unpaired) electrons. The molecular weight excluding hydrogens is 336 g/mol. The zero-order valence-corrected chi connectivity index (χ0v) is 16.2. The van der Waals surface area contributed by atoms with Gasteiger partial charge < -0.3 is 10.2 Å². The number of ketones is 1. The second-order valence-corrected chi connectivity index (χ2v) is 7.39. The summed E-state index contributed by atoms with van der Waals surface area (Å²) in [4.78, 5) is 26.9. The average Bonchev–Trinajstić information content (AvgIpc) is 2.69. The van der Waals surface area contributed by atoms with E-state index >= 15 is 0 Å². The van der Waals surface area contributed by atoms with E-state index < -0.39 is 0 Å². The number of rotatable bonds is 6. The number of benzene rings is 2. The molecule has 0 saturated carbocycles. The molecule has 1 saturated heterocycles. The van der Waals surface area contributed by atoms with Crippen molar-refractivity contribution in [1.29, 1.82) is 0 Å². The Hall–Kier alpha value is -2.62. The average molecular weight is 364 g/mol. The smallest absolute Gasteiger partial charge is 0.254 e. The van der Waals surface area contributed by atoms with E-state index in [9.17, 15) is 9.59 Å². The second-order valence-electron chi connectivity index (χ2n) is 7.39. The van der Waals surface area contributed by atoms with Crippen molar-refractivity contribution >= 4 is 17.4 Å². The van der Waals surface area contributed by atoms with Crippen LogP contribution in [0, 0.1) is 6.92 Å². The summed E-state index contributed by atoms with van der Waals surface area (Å²) >= 11 is 0. The van der Waals surface area contributed by atoms with Crippen LogP contribution in [0.4, 0.5) is 5.69 Å². The molecule has 0 aromatic heterocycles. The fourth-order valence-electron chi connectivity index (χ4n) is 3.50. The van der Waals surface area contributed by atoms with Crippen LogP contribution < -0.4 is 5.32 Å². The van der Waals surface area contributed by atoms with E-state index in [0.29, 0.717) is 19.0 Å². The van der Waals surface area contributed by atoms with Gasteiger partial charge in [-0.2, -0.15) is 0 Å². The fourth-order valence-corrected chi connectivity index (χ4v) is 3.50. The SMILES string of the molecule is Cc1ccc(C(=O)CCNc2ccc(C(=O)N3CCCCC3C)cc2)cc1. The molecule has 1 unspecified atom stereocenters. The summed E-state index contributed by atoms with van der Waals surface area (Å²) < 4.78 is 0. The first-order valence-corrected chi connectivity index (χ1v) is 9.79. The molecule has 1 heterocycles. The van der Waals surface area contributed by atoms with Crippen molar-refractivity contribution in [3.05, 3.63) is 65.2 Å². The van der Waals surface area contributed by atoms with Crippen molar-refractivity contribution in [3.63, 3.8) is 0 Å². The molecule has 1 aliphatic rings. The molecule has 1 aliphatic heterocycles. The van der Waals surface area contributed by atoms with E-state index in [0.717, 1.165) is 41.8 Å². The molecule has 1 amide bonds. The van der Waals surface area contributed by atoms with Gasteiger partial charge >= 0.3 is 0 Å². The van der Waals surface area contributed by atoms with Crippen molar-refractivity contribution in [1.82, 2.24) is 4.90 Å². The molecule has 2 aromatic carbocycles. The quantitative estimate of drug-likeness (QED) is 0.756. The topological polar surface area (TPSA) is 49.4 Å². The minimum atomic E-state index is 0.114. The van der Waals surface area contributed by atoms with Gasteiger partial charge in [0.25, 0.3) is 5.91 Å². The number of anilines is 1. The number of nitrogens with one attached hydrogen (secondary N) is 1. The molecule has 3 rings (SSSR count). The number of piperidine rings is 1. The van der Waals surface area contributed by atoms with Gasteiger partial charge in [0.2, 0.25) is 0 Å². The van der Waals surface area contributed by atoms with Crippen molar-refractivity contribution in [2.24, 2.45) is 0 Å². The highest BCUT2D eigenvalue weighted by molar-refractivity contribution is 5.96. The van der Waals surface area contributed by atoms with Gasteiger partial charge in [0.05, 0.1) is 0 Å². The molecule has 0 aliphatic carbocycles. The van der Waals surface area contributed by atoms with E-state index in [1.807, 2.05) is 60.4 Å². The molecule has 0 spiro atoms. The van der Waals surface area contributed by atoms with E-state index in [4.69, 9.17) is 0 Å². The lowest BCUT2D eigenvalue weighted by Gasteiger charge is -2.33. The van der Waals surface area contributed by atoms with Crippen molar-refractivity contribution in [2.75, 3.05) is 18.4 Å². The molecule has 1 atom stereocenters. The first kappa shape index (κ1) is 19.2. The third kappa shape index (κ3) is 4.97. The third-order valence-electron chi connectivity index (χ3n) is 5.25. The fraction of sp³-hybridized carbons (Fsp3) is 0.391. The Labute approximate surface area is 161 Å². The third-order valence-corrected chi connectivity index (χ3v) is 5.25. The number of aryl methyl sites for hydroxylation is 1. The number of nitrogens with zero attached hydrogens (tertiary/aromatic N) is 1. The molecule has 4 heteroatoms. The highest BCUT2D eigenvalue weighted by atomic mass is 16.2. The first-order chi connectivity index (χ1) is 13.0. The highest BCUT2D eigenvalue weighted by Gasteiger charge is 2.23. The van der Waals surface area contributed by atoms with Crippen molar-refractivity contribution in [2.45, 2.75) is 45.6 Å². The van der Waals surface area contributed by atoms with E-state index in [1.54, 1.807) is 0 Å². The summed E-state index contributed by atoms with van der Waals surface area (Å²) in [5.41, 5.74) is 3.55.